The molecule has 1 aliphatic carbocycles. The summed E-state index contributed by atoms with van der Waals surface area (Å²) < 4.78 is 19.6. The van der Waals surface area contributed by atoms with Crippen molar-refractivity contribution in [2.75, 3.05) is 7.05 Å². The van der Waals surface area contributed by atoms with Crippen LogP contribution in [0.15, 0.2) is 35.6 Å². The number of nitrogens with zero attached hydrogens (tertiary/aromatic N) is 3. The lowest BCUT2D eigenvalue weighted by molar-refractivity contribution is -0.121. The minimum Gasteiger partial charge on any atom is -0.460 e. The first kappa shape index (κ1) is 23.7. The molecule has 1 aromatic carbocycles. The highest BCUT2D eigenvalue weighted by Crippen LogP contribution is 2.66. The second kappa shape index (κ2) is 8.72. The number of hydrogen-bond acceptors (Lipinski definition) is 8. The summed E-state index contributed by atoms with van der Waals surface area (Å²) in [5.74, 6) is 1.50. The van der Waals surface area contributed by atoms with Crippen LogP contribution in [0.1, 0.15) is 41.9 Å². The predicted octanol–water partition coefficient (Wildman–Crippen LogP) is 2.22. The Morgan fingerprint density at radius 1 is 1.41 bits per heavy atom. The molecule has 34 heavy (non-hydrogen) atoms. The number of halogens is 1. The van der Waals surface area contributed by atoms with Gasteiger partial charge in [-0.2, -0.15) is 0 Å². The number of ketones is 1. The van der Waals surface area contributed by atoms with E-state index in [2.05, 4.69) is 26.2 Å². The molecule has 0 unspecified atom stereocenters. The number of Topliss-reactive ketones (excluding diaryl/α,β-unsaturated/α-hetero) is 1. The smallest absolute Gasteiger partial charge is 0.236 e. The number of hydrogen-bond donors (Lipinski definition) is 2. The summed E-state index contributed by atoms with van der Waals surface area (Å²) in [7, 11) is 1.57. The van der Waals surface area contributed by atoms with Gasteiger partial charge in [0.1, 0.15) is 16.3 Å². The molecule has 1 fully saturated rings. The Kier molecular flexibility index (Phi) is 6.08. The van der Waals surface area contributed by atoms with E-state index in [1.807, 2.05) is 0 Å². The molecule has 4 rings (SSSR count). The third kappa shape index (κ3) is 4.12. The number of thioether (sulfide) groups is 1. The number of carbonyl (C=O) groups excluding carboxylic acids is 2. The number of carbonyl (C=O) groups is 2. The molecule has 1 saturated carbocycles. The third-order valence-corrected chi connectivity index (χ3v) is 7.52. The van der Waals surface area contributed by atoms with Crippen LogP contribution in [0.4, 0.5) is 4.39 Å². The first-order valence-electron chi connectivity index (χ1n) is 10.7. The Morgan fingerprint density at radius 3 is 2.82 bits per heavy atom. The largest absolute Gasteiger partial charge is 0.460 e. The fourth-order valence-electron chi connectivity index (χ4n) is 4.37. The molecule has 0 spiro atoms. The number of benzene rings is 1. The van der Waals surface area contributed by atoms with Gasteiger partial charge in [0.25, 0.3) is 0 Å². The number of aliphatic imine (C=N–C) groups is 1. The van der Waals surface area contributed by atoms with E-state index in [1.165, 1.54) is 30.2 Å². The summed E-state index contributed by atoms with van der Waals surface area (Å²) in [6.45, 7) is 3.47. The number of nitrogens with one attached hydrogen (secondary N) is 1. The van der Waals surface area contributed by atoms with Crippen molar-refractivity contribution in [3.8, 4) is 18.2 Å². The molecule has 0 radical (unpaired) electrons. The van der Waals surface area contributed by atoms with Crippen LogP contribution in [0.2, 0.25) is 0 Å². The highest BCUT2D eigenvalue weighted by Gasteiger charge is 2.70. The SMILES string of the molecule is C#C[C@H](C)Oc1cnc(C(=O)Cc2ccc(F)c([C@@]3(C)N=C(N)S[C@@]4(C(=O)NC)C[C@H]43)c2)cn1. The van der Waals surface area contributed by atoms with Crippen LogP contribution >= 0.6 is 11.8 Å². The second-order valence-corrected chi connectivity index (χ2v) is 9.86. The van der Waals surface area contributed by atoms with E-state index < -0.39 is 22.2 Å². The fourth-order valence-corrected chi connectivity index (χ4v) is 5.79. The van der Waals surface area contributed by atoms with Gasteiger partial charge in [-0.05, 0) is 38.0 Å². The summed E-state index contributed by atoms with van der Waals surface area (Å²) in [6, 6.07) is 4.47. The van der Waals surface area contributed by atoms with Crippen molar-refractivity contribution in [3.63, 3.8) is 0 Å². The van der Waals surface area contributed by atoms with Gasteiger partial charge < -0.3 is 15.8 Å². The Hall–Kier alpha value is -3.45. The van der Waals surface area contributed by atoms with Crippen molar-refractivity contribution in [2.24, 2.45) is 16.6 Å². The maximum atomic E-state index is 15.0. The second-order valence-electron chi connectivity index (χ2n) is 8.51. The van der Waals surface area contributed by atoms with Gasteiger partial charge >= 0.3 is 0 Å². The summed E-state index contributed by atoms with van der Waals surface area (Å²) in [5.41, 5.74) is 6.06. The van der Waals surface area contributed by atoms with Gasteiger partial charge in [0.2, 0.25) is 11.8 Å². The summed E-state index contributed by atoms with van der Waals surface area (Å²) in [6.07, 6.45) is 7.97. The number of terminal acetylenes is 1. The molecule has 1 aliphatic heterocycles. The molecule has 10 heteroatoms. The molecule has 0 saturated heterocycles. The standard InChI is InChI=1S/C24H24FN5O3S/c1-5-13(2)33-20-12-28-17(11-29-20)18(31)9-14-6-7-16(25)15(8-14)23(3)19-10-24(19,21(32)27-4)34-22(26)30-23/h1,6-8,11-13,19H,9-10H2,2-4H3,(H2,26,30)(H,27,32)/t13-,19-,23+,24-/m0/s1. The van der Waals surface area contributed by atoms with Crippen LogP contribution in [0, 0.1) is 24.1 Å². The van der Waals surface area contributed by atoms with Gasteiger partial charge in [-0.1, -0.05) is 23.7 Å². The number of fused-ring (bicyclic) bond motifs is 1. The number of ether oxygens (including phenoxy) is 1. The van der Waals surface area contributed by atoms with E-state index in [0.29, 0.717) is 17.5 Å². The number of rotatable bonds is 7. The van der Waals surface area contributed by atoms with Crippen LogP contribution < -0.4 is 15.8 Å². The molecule has 2 heterocycles. The third-order valence-electron chi connectivity index (χ3n) is 6.22. The van der Waals surface area contributed by atoms with Crippen molar-refractivity contribution in [1.29, 1.82) is 0 Å². The van der Waals surface area contributed by atoms with E-state index in [-0.39, 0.29) is 40.8 Å². The maximum Gasteiger partial charge on any atom is 0.236 e. The molecule has 2 aromatic rings. The van der Waals surface area contributed by atoms with E-state index in [1.54, 1.807) is 33.0 Å². The molecule has 0 bridgehead atoms. The molecular formula is C24H24FN5O3S. The van der Waals surface area contributed by atoms with Crippen LogP contribution in [0.5, 0.6) is 5.88 Å². The Balaban J connectivity index is 1.57. The zero-order valence-electron chi connectivity index (χ0n) is 19.0. The van der Waals surface area contributed by atoms with Crippen molar-refractivity contribution in [3.05, 3.63) is 53.2 Å². The molecule has 3 N–H and O–H groups in total. The molecule has 1 aromatic heterocycles. The van der Waals surface area contributed by atoms with Gasteiger partial charge in [0, 0.05) is 24.9 Å². The van der Waals surface area contributed by atoms with Gasteiger partial charge in [0.05, 0.1) is 17.9 Å². The molecule has 2 aliphatic rings. The molecule has 4 atom stereocenters. The average molecular weight is 482 g/mol. The quantitative estimate of drug-likeness (QED) is 0.460. The molecule has 1 amide bonds. The monoisotopic (exact) mass is 481 g/mol. The normalized spacial score (nSPS) is 25.9. The first-order valence-corrected chi connectivity index (χ1v) is 11.5. The van der Waals surface area contributed by atoms with Crippen molar-refractivity contribution in [2.45, 2.75) is 43.1 Å². The summed E-state index contributed by atoms with van der Waals surface area (Å²) >= 11 is 1.22. The number of nitrogens with two attached hydrogens (primary N) is 1. The van der Waals surface area contributed by atoms with Gasteiger partial charge in [-0.15, -0.1) is 6.42 Å². The Labute approximate surface area is 201 Å². The lowest BCUT2D eigenvalue weighted by Crippen LogP contribution is -2.43. The van der Waals surface area contributed by atoms with E-state index in [9.17, 15) is 9.59 Å². The van der Waals surface area contributed by atoms with Crippen LogP contribution in [-0.4, -0.2) is 44.7 Å². The van der Waals surface area contributed by atoms with Crippen molar-refractivity contribution in [1.82, 2.24) is 15.3 Å². The molecular weight excluding hydrogens is 457 g/mol. The summed E-state index contributed by atoms with van der Waals surface area (Å²) in [4.78, 5) is 38.0. The van der Waals surface area contributed by atoms with Crippen molar-refractivity contribution < 1.29 is 18.7 Å². The first-order chi connectivity index (χ1) is 16.1. The topological polar surface area (TPSA) is 120 Å². The minimum absolute atomic E-state index is 0.0157. The van der Waals surface area contributed by atoms with Gasteiger partial charge in [-0.3, -0.25) is 14.6 Å². The maximum absolute atomic E-state index is 15.0. The van der Waals surface area contributed by atoms with E-state index in [0.717, 1.165) is 0 Å². The van der Waals surface area contributed by atoms with Crippen LogP contribution in [-0.2, 0) is 16.8 Å². The van der Waals surface area contributed by atoms with Crippen LogP contribution in [0.3, 0.4) is 0 Å². The highest BCUT2D eigenvalue weighted by molar-refractivity contribution is 8.15. The van der Waals surface area contributed by atoms with E-state index >= 15 is 4.39 Å². The Bertz CT molecular complexity index is 1230. The average Bonchev–Trinajstić information content (AvgIpc) is 3.56. The lowest BCUT2D eigenvalue weighted by Gasteiger charge is -2.33. The Morgan fingerprint density at radius 2 is 2.18 bits per heavy atom. The zero-order chi connectivity index (χ0) is 24.7. The zero-order valence-corrected chi connectivity index (χ0v) is 19.8. The highest BCUT2D eigenvalue weighted by atomic mass is 32.2. The molecule has 8 nitrogen and oxygen atoms in total. The number of aromatic nitrogens is 2. The number of amidine groups is 1. The van der Waals surface area contributed by atoms with Crippen LogP contribution in [0.25, 0.3) is 0 Å². The predicted molar refractivity (Wildman–Crippen MR) is 127 cm³/mol. The molecule has 176 valence electrons. The number of amides is 1. The van der Waals surface area contributed by atoms with E-state index in [4.69, 9.17) is 16.9 Å². The van der Waals surface area contributed by atoms with Crippen molar-refractivity contribution >= 4 is 28.6 Å². The lowest BCUT2D eigenvalue weighted by atomic mass is 9.84. The minimum atomic E-state index is -1.03. The van der Waals surface area contributed by atoms with Gasteiger partial charge in [-0.25, -0.2) is 14.4 Å². The fraction of sp³-hybridized carbons (Fsp3) is 0.375. The summed E-state index contributed by atoms with van der Waals surface area (Å²) in [5, 5.41) is 2.91. The van der Waals surface area contributed by atoms with Gasteiger partial charge in [0.15, 0.2) is 17.1 Å².